The van der Waals surface area contributed by atoms with Crippen LogP contribution in [0.15, 0.2) is 36.5 Å². The molecule has 0 bridgehead atoms. The molecule has 3 aromatic rings. The lowest BCUT2D eigenvalue weighted by molar-refractivity contribution is -0.0498. The van der Waals surface area contributed by atoms with E-state index in [0.29, 0.717) is 24.6 Å². The lowest BCUT2D eigenvalue weighted by Crippen LogP contribution is -2.46. The first-order valence-electron chi connectivity index (χ1n) is 10.6. The van der Waals surface area contributed by atoms with Crippen molar-refractivity contribution in [3.05, 3.63) is 48.0 Å². The molecular weight excluding hydrogens is 469 g/mol. The van der Waals surface area contributed by atoms with Gasteiger partial charge >= 0.3 is 12.6 Å². The molecule has 0 spiro atoms. The molecule has 3 heterocycles. The minimum atomic E-state index is -3.00. The van der Waals surface area contributed by atoms with E-state index >= 15 is 0 Å². The number of nitrogens with one attached hydrogen (secondary N) is 1. The van der Waals surface area contributed by atoms with Crippen LogP contribution in [0.2, 0.25) is 0 Å². The number of hydrogen-bond donors (Lipinski definition) is 2. The molecule has 4 rings (SSSR count). The fraction of sp³-hybridized carbons (Fsp3) is 0.318. The summed E-state index contributed by atoms with van der Waals surface area (Å²) < 4.78 is 49.4. The molecule has 2 aromatic heterocycles. The van der Waals surface area contributed by atoms with Gasteiger partial charge in [-0.1, -0.05) is 12.1 Å². The van der Waals surface area contributed by atoms with E-state index in [-0.39, 0.29) is 40.9 Å². The van der Waals surface area contributed by atoms with Gasteiger partial charge in [-0.05, 0) is 37.6 Å². The Kier molecular flexibility index (Phi) is 6.96. The first-order valence-corrected chi connectivity index (χ1v) is 10.6. The molecule has 1 aliphatic heterocycles. The van der Waals surface area contributed by atoms with Crippen molar-refractivity contribution in [3.8, 4) is 16.9 Å². The molecule has 35 heavy (non-hydrogen) atoms. The van der Waals surface area contributed by atoms with Gasteiger partial charge in [0, 0.05) is 18.7 Å². The zero-order valence-electron chi connectivity index (χ0n) is 18.7. The number of hydrogen-bond acceptors (Lipinski definition) is 9. The van der Waals surface area contributed by atoms with E-state index in [1.54, 1.807) is 0 Å². The third kappa shape index (κ3) is 5.74. The first-order chi connectivity index (χ1) is 16.7. The van der Waals surface area contributed by atoms with Crippen molar-refractivity contribution in [2.24, 2.45) is 0 Å². The van der Waals surface area contributed by atoms with Crippen LogP contribution in [0.1, 0.15) is 24.3 Å². The molecule has 2 atom stereocenters. The SMILES string of the molecule is CC1CN(c2ncc(F)c(Nc3cc(-c4ccc(OC(F)F)cc4)c(C(=O)O)nn3)n2)CC(C)O1. The van der Waals surface area contributed by atoms with Crippen molar-refractivity contribution in [1.82, 2.24) is 20.2 Å². The second-order valence-corrected chi connectivity index (χ2v) is 7.85. The maximum Gasteiger partial charge on any atom is 0.387 e. The third-order valence-electron chi connectivity index (χ3n) is 5.07. The Morgan fingerprint density at radius 1 is 1.20 bits per heavy atom. The van der Waals surface area contributed by atoms with Gasteiger partial charge in [-0.15, -0.1) is 10.2 Å². The molecule has 10 nitrogen and oxygen atoms in total. The van der Waals surface area contributed by atoms with E-state index in [1.807, 2.05) is 18.7 Å². The van der Waals surface area contributed by atoms with E-state index in [9.17, 15) is 23.1 Å². The summed E-state index contributed by atoms with van der Waals surface area (Å²) in [5, 5.41) is 19.8. The topological polar surface area (TPSA) is 123 Å². The number of halogens is 3. The summed E-state index contributed by atoms with van der Waals surface area (Å²) in [6.07, 6.45) is 0.911. The van der Waals surface area contributed by atoms with Crippen molar-refractivity contribution in [2.45, 2.75) is 32.7 Å². The minimum Gasteiger partial charge on any atom is -0.476 e. The molecule has 0 amide bonds. The number of anilines is 3. The standard InChI is InChI=1S/C22H21F3N6O4/c1-11-9-31(10-12(2)34-11)22-26-8-16(23)19(28-22)27-17-7-15(18(20(32)33)30-29-17)13-3-5-14(6-4-13)35-21(24)25/h3-8,11-12,21H,9-10H2,1-2H3,(H,32,33)(H,26,27,28,29). The molecule has 0 saturated carbocycles. The van der Waals surface area contributed by atoms with Gasteiger partial charge in [0.25, 0.3) is 0 Å². The second kappa shape index (κ2) is 10.1. The molecule has 2 N–H and O–H groups in total. The lowest BCUT2D eigenvalue weighted by Gasteiger charge is -2.35. The third-order valence-corrected chi connectivity index (χ3v) is 5.07. The highest BCUT2D eigenvalue weighted by atomic mass is 19.3. The average molecular weight is 490 g/mol. The van der Waals surface area contributed by atoms with Crippen LogP contribution in [-0.4, -0.2) is 63.2 Å². The van der Waals surface area contributed by atoms with Crippen molar-refractivity contribution in [2.75, 3.05) is 23.3 Å². The number of aromatic nitrogens is 4. The Bertz CT molecular complexity index is 1200. The smallest absolute Gasteiger partial charge is 0.387 e. The molecule has 2 unspecified atom stereocenters. The summed E-state index contributed by atoms with van der Waals surface area (Å²) in [5.74, 6) is -2.06. The lowest BCUT2D eigenvalue weighted by atomic mass is 10.0. The predicted molar refractivity (Wildman–Crippen MR) is 119 cm³/mol. The maximum atomic E-state index is 14.5. The number of rotatable bonds is 7. The van der Waals surface area contributed by atoms with E-state index < -0.39 is 18.4 Å². The Morgan fingerprint density at radius 3 is 2.51 bits per heavy atom. The summed E-state index contributed by atoms with van der Waals surface area (Å²) in [7, 11) is 0. The van der Waals surface area contributed by atoms with Crippen LogP contribution in [0, 0.1) is 5.82 Å². The molecule has 1 aliphatic rings. The molecule has 1 saturated heterocycles. The number of morpholine rings is 1. The molecule has 0 aliphatic carbocycles. The number of carboxylic acids is 1. The van der Waals surface area contributed by atoms with Crippen LogP contribution in [-0.2, 0) is 4.74 Å². The highest BCUT2D eigenvalue weighted by Gasteiger charge is 2.25. The largest absolute Gasteiger partial charge is 0.476 e. The molecule has 184 valence electrons. The Morgan fingerprint density at radius 2 is 1.89 bits per heavy atom. The summed E-state index contributed by atoms with van der Waals surface area (Å²) in [5.41, 5.74) is 0.101. The second-order valence-electron chi connectivity index (χ2n) is 7.85. The van der Waals surface area contributed by atoms with Crippen LogP contribution in [0.25, 0.3) is 11.1 Å². The number of carboxylic acid groups (broad SMARTS) is 1. The minimum absolute atomic E-state index is 0.0187. The van der Waals surface area contributed by atoms with Crippen molar-refractivity contribution < 1.29 is 32.5 Å². The normalized spacial score (nSPS) is 17.9. The maximum absolute atomic E-state index is 14.5. The van der Waals surface area contributed by atoms with E-state index in [0.717, 1.165) is 6.20 Å². The highest BCUT2D eigenvalue weighted by Crippen LogP contribution is 2.29. The van der Waals surface area contributed by atoms with E-state index in [1.165, 1.54) is 30.3 Å². The van der Waals surface area contributed by atoms with E-state index in [2.05, 4.69) is 30.2 Å². The van der Waals surface area contributed by atoms with Crippen molar-refractivity contribution in [1.29, 1.82) is 0 Å². The highest BCUT2D eigenvalue weighted by molar-refractivity contribution is 5.94. The van der Waals surface area contributed by atoms with Crippen molar-refractivity contribution in [3.63, 3.8) is 0 Å². The van der Waals surface area contributed by atoms with Crippen molar-refractivity contribution >= 4 is 23.6 Å². The fourth-order valence-corrected chi connectivity index (χ4v) is 3.71. The van der Waals surface area contributed by atoms with Crippen LogP contribution in [0.3, 0.4) is 0 Å². The Balaban J connectivity index is 1.63. The quantitative estimate of drug-likeness (QED) is 0.506. The van der Waals surface area contributed by atoms with Gasteiger partial charge in [0.2, 0.25) is 5.95 Å². The number of aromatic carboxylic acids is 1. The fourth-order valence-electron chi connectivity index (χ4n) is 3.71. The zero-order valence-corrected chi connectivity index (χ0v) is 18.7. The van der Waals surface area contributed by atoms with E-state index in [4.69, 9.17) is 4.74 Å². The van der Waals surface area contributed by atoms with Gasteiger partial charge in [0.15, 0.2) is 23.1 Å². The summed E-state index contributed by atoms with van der Waals surface area (Å²) in [6.45, 7) is 1.89. The van der Waals surface area contributed by atoms with Gasteiger partial charge in [-0.25, -0.2) is 14.2 Å². The summed E-state index contributed by atoms with van der Waals surface area (Å²) in [6, 6.07) is 6.67. The van der Waals surface area contributed by atoms with Gasteiger partial charge in [-0.2, -0.15) is 13.8 Å². The Hall–Kier alpha value is -4.00. The number of alkyl halides is 2. The summed E-state index contributed by atoms with van der Waals surface area (Å²) >= 11 is 0. The van der Waals surface area contributed by atoms with Crippen LogP contribution < -0.4 is 15.0 Å². The molecule has 13 heteroatoms. The predicted octanol–water partition coefficient (Wildman–Crippen LogP) is 3.73. The van der Waals surface area contributed by atoms with Crippen LogP contribution >= 0.6 is 0 Å². The number of ether oxygens (including phenoxy) is 2. The van der Waals surface area contributed by atoms with Crippen LogP contribution in [0.4, 0.5) is 30.8 Å². The number of carbonyl (C=O) groups is 1. The first kappa shape index (κ1) is 24.1. The molecule has 1 fully saturated rings. The van der Waals surface area contributed by atoms with Gasteiger partial charge in [-0.3, -0.25) is 0 Å². The van der Waals surface area contributed by atoms with Gasteiger partial charge in [0.1, 0.15) is 5.75 Å². The van der Waals surface area contributed by atoms with Crippen LogP contribution in [0.5, 0.6) is 5.75 Å². The summed E-state index contributed by atoms with van der Waals surface area (Å²) in [4.78, 5) is 21.9. The monoisotopic (exact) mass is 490 g/mol. The number of nitrogens with zero attached hydrogens (tertiary/aromatic N) is 5. The van der Waals surface area contributed by atoms with Gasteiger partial charge < -0.3 is 24.8 Å². The number of benzene rings is 1. The zero-order chi connectivity index (χ0) is 25.1. The molecule has 0 radical (unpaired) electrons. The molecule has 1 aromatic carbocycles. The average Bonchev–Trinajstić information content (AvgIpc) is 2.80. The Labute approximate surface area is 197 Å². The van der Waals surface area contributed by atoms with Gasteiger partial charge in [0.05, 0.1) is 18.4 Å². The molecular formula is C22H21F3N6O4.